The lowest BCUT2D eigenvalue weighted by atomic mass is 10.0. The topological polar surface area (TPSA) is 64.4 Å². The number of hydrogen-bond acceptors (Lipinski definition) is 3. The third kappa shape index (κ3) is 4.28. The summed E-state index contributed by atoms with van der Waals surface area (Å²) in [5.74, 6) is -0.587. The Kier molecular flexibility index (Phi) is 6.61. The van der Waals surface area contributed by atoms with Crippen molar-refractivity contribution in [3.63, 3.8) is 0 Å². The van der Waals surface area contributed by atoms with Gasteiger partial charge in [0, 0.05) is 12.7 Å². The van der Waals surface area contributed by atoms with Crippen molar-refractivity contribution in [2.45, 2.75) is 44.9 Å². The van der Waals surface area contributed by atoms with Crippen molar-refractivity contribution in [2.75, 3.05) is 7.11 Å². The van der Waals surface area contributed by atoms with Crippen LogP contribution in [0, 0.1) is 5.82 Å². The fourth-order valence-corrected chi connectivity index (χ4v) is 2.16. The van der Waals surface area contributed by atoms with E-state index >= 15 is 0 Å². The van der Waals surface area contributed by atoms with E-state index in [2.05, 4.69) is 5.32 Å². The average molecular weight is 282 g/mol. The minimum atomic E-state index is -0.547. The monoisotopic (exact) mass is 282 g/mol. The molecule has 0 spiro atoms. The molecule has 0 saturated heterocycles. The fourth-order valence-electron chi connectivity index (χ4n) is 2.16. The Bertz CT molecular complexity index is 440. The molecule has 3 atom stereocenters. The summed E-state index contributed by atoms with van der Waals surface area (Å²) in [6, 6.07) is 5.47. The molecule has 1 aromatic carbocycles. The van der Waals surface area contributed by atoms with Crippen molar-refractivity contribution in [3.8, 4) is 0 Å². The quantitative estimate of drug-likeness (QED) is 0.805. The molecule has 0 aliphatic rings. The van der Waals surface area contributed by atoms with Gasteiger partial charge in [0.15, 0.2) is 0 Å². The van der Waals surface area contributed by atoms with Gasteiger partial charge in [-0.1, -0.05) is 31.5 Å². The first-order valence-corrected chi connectivity index (χ1v) is 6.84. The van der Waals surface area contributed by atoms with E-state index in [0.717, 1.165) is 6.42 Å². The zero-order valence-electron chi connectivity index (χ0n) is 12.2. The fraction of sp³-hybridized carbons (Fsp3) is 0.533. The standard InChI is InChI=1S/C15H23FN2O2/c1-4-7-13(17)15(19)18-10(2)14(20-3)11-8-5-6-9-12(11)16/h5-6,8-10,13-14H,4,7,17H2,1-3H3,(H,18,19). The number of benzene rings is 1. The summed E-state index contributed by atoms with van der Waals surface area (Å²) >= 11 is 0. The van der Waals surface area contributed by atoms with Gasteiger partial charge >= 0.3 is 0 Å². The van der Waals surface area contributed by atoms with Crippen LogP contribution in [0.2, 0.25) is 0 Å². The molecule has 0 heterocycles. The third-order valence-corrected chi connectivity index (χ3v) is 3.23. The smallest absolute Gasteiger partial charge is 0.237 e. The summed E-state index contributed by atoms with van der Waals surface area (Å²) in [5, 5.41) is 2.79. The first kappa shape index (κ1) is 16.6. The van der Waals surface area contributed by atoms with Crippen LogP contribution in [0.3, 0.4) is 0 Å². The minimum Gasteiger partial charge on any atom is -0.375 e. The van der Waals surface area contributed by atoms with Crippen LogP contribution in [0.1, 0.15) is 38.4 Å². The van der Waals surface area contributed by atoms with Gasteiger partial charge in [0.2, 0.25) is 5.91 Å². The van der Waals surface area contributed by atoms with Crippen molar-refractivity contribution in [3.05, 3.63) is 35.6 Å². The van der Waals surface area contributed by atoms with Crippen molar-refractivity contribution in [2.24, 2.45) is 5.73 Å². The second-order valence-corrected chi connectivity index (χ2v) is 4.87. The Morgan fingerprint density at radius 1 is 1.45 bits per heavy atom. The second-order valence-electron chi connectivity index (χ2n) is 4.87. The normalized spacial score (nSPS) is 15.4. The number of halogens is 1. The molecule has 3 unspecified atom stereocenters. The van der Waals surface area contributed by atoms with Crippen LogP contribution in [0.5, 0.6) is 0 Å². The SMILES string of the molecule is CCCC(N)C(=O)NC(C)C(OC)c1ccccc1F. The molecule has 1 rings (SSSR count). The lowest BCUT2D eigenvalue weighted by Crippen LogP contribution is -2.46. The molecule has 0 aromatic heterocycles. The molecule has 0 aliphatic heterocycles. The van der Waals surface area contributed by atoms with Crippen molar-refractivity contribution in [1.82, 2.24) is 5.32 Å². The van der Waals surface area contributed by atoms with Crippen LogP contribution in [0.15, 0.2) is 24.3 Å². The third-order valence-electron chi connectivity index (χ3n) is 3.23. The van der Waals surface area contributed by atoms with E-state index in [1.165, 1.54) is 13.2 Å². The minimum absolute atomic E-state index is 0.238. The number of carbonyl (C=O) groups excluding carboxylic acids is 1. The summed E-state index contributed by atoms with van der Waals surface area (Å²) in [5.41, 5.74) is 6.18. The van der Waals surface area contributed by atoms with Gasteiger partial charge in [0.05, 0.1) is 12.1 Å². The molecule has 1 aromatic rings. The molecule has 0 fully saturated rings. The zero-order chi connectivity index (χ0) is 15.1. The van der Waals surface area contributed by atoms with Crippen LogP contribution in [-0.2, 0) is 9.53 Å². The van der Waals surface area contributed by atoms with E-state index in [1.54, 1.807) is 25.1 Å². The van der Waals surface area contributed by atoms with Gasteiger partial charge in [-0.25, -0.2) is 4.39 Å². The Morgan fingerprint density at radius 3 is 2.65 bits per heavy atom. The number of amides is 1. The van der Waals surface area contributed by atoms with Crippen LogP contribution >= 0.6 is 0 Å². The van der Waals surface area contributed by atoms with Gasteiger partial charge < -0.3 is 15.8 Å². The zero-order valence-corrected chi connectivity index (χ0v) is 12.2. The number of nitrogens with two attached hydrogens (primary N) is 1. The molecule has 0 radical (unpaired) electrons. The van der Waals surface area contributed by atoms with Crippen LogP contribution < -0.4 is 11.1 Å². The number of ether oxygens (including phenoxy) is 1. The van der Waals surface area contributed by atoms with E-state index in [0.29, 0.717) is 12.0 Å². The molecule has 112 valence electrons. The molecule has 3 N–H and O–H groups in total. The Labute approximate surface area is 119 Å². The highest BCUT2D eigenvalue weighted by Crippen LogP contribution is 2.23. The van der Waals surface area contributed by atoms with E-state index in [1.807, 2.05) is 6.92 Å². The van der Waals surface area contributed by atoms with Crippen LogP contribution in [0.25, 0.3) is 0 Å². The predicted molar refractivity (Wildman–Crippen MR) is 76.6 cm³/mol. The van der Waals surface area contributed by atoms with E-state index in [-0.39, 0.29) is 17.8 Å². The molecular weight excluding hydrogens is 259 g/mol. The number of carbonyl (C=O) groups is 1. The van der Waals surface area contributed by atoms with E-state index in [9.17, 15) is 9.18 Å². The lowest BCUT2D eigenvalue weighted by Gasteiger charge is -2.25. The summed E-state index contributed by atoms with van der Waals surface area (Å²) < 4.78 is 19.1. The maximum Gasteiger partial charge on any atom is 0.237 e. The Hall–Kier alpha value is -1.46. The second kappa shape index (κ2) is 7.97. The largest absolute Gasteiger partial charge is 0.375 e. The van der Waals surface area contributed by atoms with Gasteiger partial charge in [0.1, 0.15) is 11.9 Å². The van der Waals surface area contributed by atoms with Crippen LogP contribution in [0.4, 0.5) is 4.39 Å². The molecule has 1 amide bonds. The van der Waals surface area contributed by atoms with Crippen molar-refractivity contribution in [1.29, 1.82) is 0 Å². The maximum absolute atomic E-state index is 13.8. The Morgan fingerprint density at radius 2 is 2.10 bits per heavy atom. The summed E-state index contributed by atoms with van der Waals surface area (Å²) in [7, 11) is 1.49. The molecule has 4 nitrogen and oxygen atoms in total. The molecule has 5 heteroatoms. The highest BCUT2D eigenvalue weighted by Gasteiger charge is 2.24. The summed E-state index contributed by atoms with van der Waals surface area (Å²) in [6.07, 6.45) is 0.911. The van der Waals surface area contributed by atoms with E-state index in [4.69, 9.17) is 10.5 Å². The first-order chi connectivity index (χ1) is 9.51. The number of nitrogens with one attached hydrogen (secondary N) is 1. The first-order valence-electron chi connectivity index (χ1n) is 6.84. The highest BCUT2D eigenvalue weighted by atomic mass is 19.1. The maximum atomic E-state index is 13.8. The number of methoxy groups -OCH3 is 1. The molecule has 0 aliphatic carbocycles. The van der Waals surface area contributed by atoms with Gasteiger partial charge in [-0.05, 0) is 19.4 Å². The van der Waals surface area contributed by atoms with Crippen molar-refractivity contribution < 1.29 is 13.9 Å². The molecular formula is C15H23FN2O2. The highest BCUT2D eigenvalue weighted by molar-refractivity contribution is 5.81. The van der Waals surface area contributed by atoms with Gasteiger partial charge in [-0.3, -0.25) is 4.79 Å². The van der Waals surface area contributed by atoms with E-state index < -0.39 is 12.1 Å². The predicted octanol–water partition coefficient (Wildman–Crippen LogP) is 2.15. The van der Waals surface area contributed by atoms with Gasteiger partial charge in [-0.15, -0.1) is 0 Å². The molecule has 0 saturated carbocycles. The summed E-state index contributed by atoms with van der Waals surface area (Å²) in [4.78, 5) is 11.9. The Balaban J connectivity index is 2.76. The van der Waals surface area contributed by atoms with Crippen LogP contribution in [-0.4, -0.2) is 25.1 Å². The molecule has 0 bridgehead atoms. The van der Waals surface area contributed by atoms with Gasteiger partial charge in [-0.2, -0.15) is 0 Å². The number of rotatable bonds is 7. The lowest BCUT2D eigenvalue weighted by molar-refractivity contribution is -0.124. The average Bonchev–Trinajstić information content (AvgIpc) is 2.42. The number of hydrogen-bond donors (Lipinski definition) is 2. The van der Waals surface area contributed by atoms with Crippen molar-refractivity contribution >= 4 is 5.91 Å². The summed E-state index contributed by atoms with van der Waals surface area (Å²) in [6.45, 7) is 3.74. The molecule has 20 heavy (non-hydrogen) atoms. The van der Waals surface area contributed by atoms with Gasteiger partial charge in [0.25, 0.3) is 0 Å².